The van der Waals surface area contributed by atoms with Crippen molar-refractivity contribution in [1.29, 1.82) is 0 Å². The molecule has 11 heteroatoms. The molecule has 0 fully saturated rings. The second-order valence-corrected chi connectivity index (χ2v) is 11.9. The second-order valence-electron chi connectivity index (χ2n) is 9.22. The summed E-state index contributed by atoms with van der Waals surface area (Å²) >= 11 is 12.8. The lowest BCUT2D eigenvalue weighted by molar-refractivity contribution is -0.139. The van der Waals surface area contributed by atoms with Gasteiger partial charge in [0, 0.05) is 34.8 Å². The molecular formula is C29H33Cl2N3O5S. The van der Waals surface area contributed by atoms with E-state index in [1.54, 1.807) is 55.5 Å². The molecule has 0 bridgehead atoms. The number of ether oxygens (including phenoxy) is 1. The zero-order chi connectivity index (χ0) is 29.4. The first-order valence-corrected chi connectivity index (χ1v) is 14.9. The van der Waals surface area contributed by atoms with Gasteiger partial charge in [-0.15, -0.1) is 0 Å². The highest BCUT2D eigenvalue weighted by Gasteiger charge is 2.33. The molecule has 0 aliphatic carbocycles. The summed E-state index contributed by atoms with van der Waals surface area (Å²) in [6.07, 6.45) is 0.709. The molecule has 0 spiro atoms. The molecule has 3 aromatic rings. The number of carbonyl (C=O) groups is 2. The molecule has 0 radical (unpaired) electrons. The van der Waals surface area contributed by atoms with Crippen molar-refractivity contribution in [1.82, 2.24) is 10.2 Å². The number of sulfonamides is 1. The van der Waals surface area contributed by atoms with Crippen LogP contribution in [0.4, 0.5) is 5.69 Å². The molecule has 0 aliphatic rings. The summed E-state index contributed by atoms with van der Waals surface area (Å²) in [4.78, 5) is 28.3. The van der Waals surface area contributed by atoms with Crippen LogP contribution in [0.3, 0.4) is 0 Å². The predicted octanol–water partition coefficient (Wildman–Crippen LogP) is 5.45. The van der Waals surface area contributed by atoms with Gasteiger partial charge in [0.15, 0.2) is 0 Å². The molecule has 0 saturated carbocycles. The number of amides is 2. The van der Waals surface area contributed by atoms with E-state index in [-0.39, 0.29) is 23.0 Å². The molecule has 40 heavy (non-hydrogen) atoms. The van der Waals surface area contributed by atoms with E-state index in [2.05, 4.69) is 5.32 Å². The normalized spacial score (nSPS) is 11.9. The summed E-state index contributed by atoms with van der Waals surface area (Å²) < 4.78 is 34.1. The van der Waals surface area contributed by atoms with E-state index < -0.39 is 28.5 Å². The first-order chi connectivity index (χ1) is 19.0. The fourth-order valence-corrected chi connectivity index (χ4v) is 5.89. The molecule has 0 aromatic heterocycles. The Morgan fingerprint density at radius 2 is 1.62 bits per heavy atom. The highest BCUT2D eigenvalue weighted by Crippen LogP contribution is 2.29. The molecular weight excluding hydrogens is 573 g/mol. The summed E-state index contributed by atoms with van der Waals surface area (Å²) in [5.74, 6) is -0.581. The number of anilines is 1. The van der Waals surface area contributed by atoms with E-state index in [1.165, 1.54) is 30.2 Å². The quantitative estimate of drug-likeness (QED) is 0.296. The maximum atomic E-state index is 14.0. The summed E-state index contributed by atoms with van der Waals surface area (Å²) in [5, 5.41) is 3.44. The van der Waals surface area contributed by atoms with Gasteiger partial charge < -0.3 is 15.0 Å². The number of nitrogens with one attached hydrogen (secondary N) is 1. The zero-order valence-corrected chi connectivity index (χ0v) is 25.2. The largest absolute Gasteiger partial charge is 0.497 e. The van der Waals surface area contributed by atoms with Crippen molar-refractivity contribution in [3.63, 3.8) is 0 Å². The average Bonchev–Trinajstić information content (AvgIpc) is 2.94. The molecule has 3 rings (SSSR count). The number of aryl methyl sites for hydroxylation is 1. The lowest BCUT2D eigenvalue weighted by atomic mass is 10.1. The maximum Gasteiger partial charge on any atom is 0.264 e. The minimum absolute atomic E-state index is 0.0168. The molecule has 0 unspecified atom stereocenters. The van der Waals surface area contributed by atoms with E-state index >= 15 is 0 Å². The molecule has 1 N–H and O–H groups in total. The third-order valence-corrected chi connectivity index (χ3v) is 8.83. The number of rotatable bonds is 12. The van der Waals surface area contributed by atoms with Gasteiger partial charge in [0.25, 0.3) is 10.0 Å². The van der Waals surface area contributed by atoms with Gasteiger partial charge in [0.2, 0.25) is 11.8 Å². The van der Waals surface area contributed by atoms with E-state index in [0.717, 1.165) is 9.87 Å². The summed E-state index contributed by atoms with van der Waals surface area (Å²) in [7, 11) is -2.73. The standard InChI is InChI=1S/C29H33Cl2N3O5S/c1-5-16-32-29(36)21(3)33(18-25-26(30)10-7-11-27(25)31)28(35)19-34(22-8-6-9-23(17-22)39-4)40(37,38)24-14-12-20(2)13-15-24/h6-15,17,21H,5,16,18-19H2,1-4H3,(H,32,36)/t21-/m1/s1. The summed E-state index contributed by atoms with van der Waals surface area (Å²) in [6.45, 7) is 5.08. The molecule has 8 nitrogen and oxygen atoms in total. The molecule has 0 aliphatic heterocycles. The Morgan fingerprint density at radius 3 is 2.23 bits per heavy atom. The summed E-state index contributed by atoms with van der Waals surface area (Å²) in [5.41, 5.74) is 1.56. The third-order valence-electron chi connectivity index (χ3n) is 6.34. The van der Waals surface area contributed by atoms with Crippen LogP contribution in [0.5, 0.6) is 5.75 Å². The van der Waals surface area contributed by atoms with Gasteiger partial charge in [-0.05, 0) is 56.7 Å². The topological polar surface area (TPSA) is 96.0 Å². The number of benzene rings is 3. The second kappa shape index (κ2) is 13.9. The number of nitrogens with zero attached hydrogens (tertiary/aromatic N) is 2. The van der Waals surface area contributed by atoms with Crippen molar-refractivity contribution < 1.29 is 22.7 Å². The van der Waals surface area contributed by atoms with Crippen LogP contribution < -0.4 is 14.4 Å². The van der Waals surface area contributed by atoms with Crippen LogP contribution in [0, 0.1) is 6.92 Å². The van der Waals surface area contributed by atoms with Gasteiger partial charge in [-0.1, -0.05) is 60.0 Å². The minimum Gasteiger partial charge on any atom is -0.497 e. The highest BCUT2D eigenvalue weighted by molar-refractivity contribution is 7.92. The van der Waals surface area contributed by atoms with Gasteiger partial charge in [-0.3, -0.25) is 13.9 Å². The Balaban J connectivity index is 2.08. The van der Waals surface area contributed by atoms with Crippen molar-refractivity contribution in [3.05, 3.63) is 87.9 Å². The van der Waals surface area contributed by atoms with Crippen LogP contribution >= 0.6 is 23.2 Å². The van der Waals surface area contributed by atoms with Crippen molar-refractivity contribution in [3.8, 4) is 5.75 Å². The van der Waals surface area contributed by atoms with E-state index in [9.17, 15) is 18.0 Å². The average molecular weight is 607 g/mol. The molecule has 0 saturated heterocycles. The van der Waals surface area contributed by atoms with Gasteiger partial charge >= 0.3 is 0 Å². The first-order valence-electron chi connectivity index (χ1n) is 12.7. The van der Waals surface area contributed by atoms with E-state index in [1.807, 2.05) is 13.8 Å². The van der Waals surface area contributed by atoms with Crippen LogP contribution in [0.1, 0.15) is 31.4 Å². The number of hydrogen-bond donors (Lipinski definition) is 1. The first kappa shape index (κ1) is 31.3. The van der Waals surface area contributed by atoms with E-state index in [4.69, 9.17) is 27.9 Å². The lowest BCUT2D eigenvalue weighted by Gasteiger charge is -2.32. The molecule has 214 valence electrons. The molecule has 2 amide bonds. The van der Waals surface area contributed by atoms with Crippen LogP contribution in [0.15, 0.2) is 71.6 Å². The fraction of sp³-hybridized carbons (Fsp3) is 0.310. The number of methoxy groups -OCH3 is 1. The summed E-state index contributed by atoms with van der Waals surface area (Å²) in [6, 6.07) is 16.8. The lowest BCUT2D eigenvalue weighted by Crippen LogP contribution is -2.51. The highest BCUT2D eigenvalue weighted by atomic mass is 35.5. The smallest absolute Gasteiger partial charge is 0.264 e. The molecule has 0 heterocycles. The zero-order valence-electron chi connectivity index (χ0n) is 22.9. The Bertz CT molecular complexity index is 1430. The number of carbonyl (C=O) groups excluding carboxylic acids is 2. The predicted molar refractivity (Wildman–Crippen MR) is 158 cm³/mol. The van der Waals surface area contributed by atoms with Crippen molar-refractivity contribution in [2.24, 2.45) is 0 Å². The van der Waals surface area contributed by atoms with Gasteiger partial charge in [0.1, 0.15) is 18.3 Å². The van der Waals surface area contributed by atoms with Gasteiger partial charge in [-0.25, -0.2) is 8.42 Å². The van der Waals surface area contributed by atoms with Crippen LogP contribution in [0.25, 0.3) is 0 Å². The van der Waals surface area contributed by atoms with Crippen LogP contribution in [-0.4, -0.2) is 51.4 Å². The van der Waals surface area contributed by atoms with Gasteiger partial charge in [0.05, 0.1) is 17.7 Å². The molecule has 3 aromatic carbocycles. The van der Waals surface area contributed by atoms with Crippen molar-refractivity contribution in [2.45, 2.75) is 44.7 Å². The molecule has 1 atom stereocenters. The Morgan fingerprint density at radius 1 is 1.00 bits per heavy atom. The Hall–Kier alpha value is -3.27. The fourth-order valence-electron chi connectivity index (χ4n) is 3.96. The Kier molecular flexibility index (Phi) is 10.8. The SMILES string of the molecule is CCCNC(=O)[C@@H](C)N(Cc1c(Cl)cccc1Cl)C(=O)CN(c1cccc(OC)c1)S(=O)(=O)c1ccc(C)cc1. The minimum atomic E-state index is -4.20. The van der Waals surface area contributed by atoms with Crippen molar-refractivity contribution in [2.75, 3.05) is 24.5 Å². The third kappa shape index (κ3) is 7.47. The Labute approximate surface area is 245 Å². The monoisotopic (exact) mass is 605 g/mol. The number of hydrogen-bond acceptors (Lipinski definition) is 5. The van der Waals surface area contributed by atoms with Crippen LogP contribution in [-0.2, 0) is 26.2 Å². The van der Waals surface area contributed by atoms with Crippen LogP contribution in [0.2, 0.25) is 10.0 Å². The van der Waals surface area contributed by atoms with Gasteiger partial charge in [-0.2, -0.15) is 0 Å². The van der Waals surface area contributed by atoms with Crippen molar-refractivity contribution >= 4 is 50.7 Å². The van der Waals surface area contributed by atoms with E-state index in [0.29, 0.717) is 34.3 Å². The number of halogens is 2. The maximum absolute atomic E-state index is 14.0.